The van der Waals surface area contributed by atoms with Gasteiger partial charge in [0.05, 0.1) is 19.4 Å². The molecule has 1 aromatic rings. The van der Waals surface area contributed by atoms with E-state index in [9.17, 15) is 4.79 Å². The van der Waals surface area contributed by atoms with Crippen LogP contribution in [0, 0.1) is 5.92 Å². The lowest BCUT2D eigenvalue weighted by Gasteiger charge is -2.21. The van der Waals surface area contributed by atoms with Crippen LogP contribution >= 0.6 is 0 Å². The third-order valence-corrected chi connectivity index (χ3v) is 4.06. The first-order chi connectivity index (χ1) is 11.2. The van der Waals surface area contributed by atoms with Crippen LogP contribution < -0.4 is 14.8 Å². The summed E-state index contributed by atoms with van der Waals surface area (Å²) < 4.78 is 10.7. The number of carbonyl (C=O) groups excluding carboxylic acids is 1. The van der Waals surface area contributed by atoms with Crippen molar-refractivity contribution in [1.29, 1.82) is 0 Å². The summed E-state index contributed by atoms with van der Waals surface area (Å²) in [6.07, 6.45) is 9.47. The smallest absolute Gasteiger partial charge is 0.319 e. The minimum absolute atomic E-state index is 0.00992. The number of rotatable bonds is 8. The van der Waals surface area contributed by atoms with Crippen LogP contribution in [0.25, 0.3) is 0 Å². The Morgan fingerprint density at radius 2 is 1.96 bits per heavy atom. The highest BCUT2D eigenvalue weighted by Gasteiger charge is 2.16. The summed E-state index contributed by atoms with van der Waals surface area (Å²) in [5, 5.41) is 2.86. The standard InChI is InChI=1S/C17H27N3O3/c1-3-22-16-14(12-18-17(20-16)23-4-2)19-15(21)11-10-13-8-6-5-7-9-13/h12-13H,3-11H2,1-2H3,(H,19,21). The number of hydrogen-bond acceptors (Lipinski definition) is 5. The van der Waals surface area contributed by atoms with Gasteiger partial charge in [-0.3, -0.25) is 4.79 Å². The molecule has 0 atom stereocenters. The maximum atomic E-state index is 12.2. The molecule has 1 aromatic heterocycles. The van der Waals surface area contributed by atoms with Crippen LogP contribution in [0.4, 0.5) is 5.69 Å². The van der Waals surface area contributed by atoms with E-state index in [0.29, 0.717) is 37.1 Å². The zero-order chi connectivity index (χ0) is 16.5. The van der Waals surface area contributed by atoms with Crippen molar-refractivity contribution in [2.45, 2.75) is 58.8 Å². The molecule has 1 aliphatic carbocycles. The molecule has 1 aliphatic rings. The fourth-order valence-electron chi connectivity index (χ4n) is 2.91. The van der Waals surface area contributed by atoms with Crippen LogP contribution in [0.2, 0.25) is 0 Å². The molecule has 23 heavy (non-hydrogen) atoms. The van der Waals surface area contributed by atoms with Crippen molar-refractivity contribution in [3.63, 3.8) is 0 Å². The van der Waals surface area contributed by atoms with Crippen molar-refractivity contribution in [3.8, 4) is 11.9 Å². The minimum Gasteiger partial charge on any atom is -0.476 e. The molecule has 0 bridgehead atoms. The molecule has 6 heteroatoms. The van der Waals surface area contributed by atoms with Crippen LogP contribution in [0.15, 0.2) is 6.20 Å². The first-order valence-corrected chi connectivity index (χ1v) is 8.65. The quantitative estimate of drug-likeness (QED) is 0.792. The number of anilines is 1. The number of hydrogen-bond donors (Lipinski definition) is 1. The van der Waals surface area contributed by atoms with E-state index >= 15 is 0 Å². The van der Waals surface area contributed by atoms with Crippen molar-refractivity contribution in [2.75, 3.05) is 18.5 Å². The molecule has 1 saturated carbocycles. The van der Waals surface area contributed by atoms with Gasteiger partial charge in [-0.15, -0.1) is 0 Å². The summed E-state index contributed by atoms with van der Waals surface area (Å²) in [5.41, 5.74) is 0.504. The van der Waals surface area contributed by atoms with Crippen LogP contribution in [-0.4, -0.2) is 29.1 Å². The zero-order valence-electron chi connectivity index (χ0n) is 14.1. The Labute approximate surface area is 138 Å². The Balaban J connectivity index is 1.90. The van der Waals surface area contributed by atoms with Gasteiger partial charge in [0.25, 0.3) is 0 Å². The number of ether oxygens (including phenoxy) is 2. The van der Waals surface area contributed by atoms with Gasteiger partial charge in [-0.2, -0.15) is 4.98 Å². The lowest BCUT2D eigenvalue weighted by Crippen LogP contribution is -2.16. The summed E-state index contributed by atoms with van der Waals surface area (Å²) in [7, 11) is 0. The van der Waals surface area contributed by atoms with Crippen molar-refractivity contribution in [2.24, 2.45) is 5.92 Å². The minimum atomic E-state index is -0.00992. The van der Waals surface area contributed by atoms with Crippen LogP contribution in [0.1, 0.15) is 58.8 Å². The third-order valence-electron chi connectivity index (χ3n) is 4.06. The molecule has 1 amide bonds. The van der Waals surface area contributed by atoms with Gasteiger partial charge in [0.1, 0.15) is 5.69 Å². The molecule has 0 spiro atoms. The Morgan fingerprint density at radius 3 is 2.65 bits per heavy atom. The van der Waals surface area contributed by atoms with Crippen LogP contribution in [0.5, 0.6) is 11.9 Å². The van der Waals surface area contributed by atoms with Crippen molar-refractivity contribution in [1.82, 2.24) is 9.97 Å². The molecular formula is C17H27N3O3. The highest BCUT2D eigenvalue weighted by atomic mass is 16.5. The van der Waals surface area contributed by atoms with E-state index < -0.39 is 0 Å². The first-order valence-electron chi connectivity index (χ1n) is 8.65. The molecule has 0 unspecified atom stereocenters. The monoisotopic (exact) mass is 321 g/mol. The number of amides is 1. The van der Waals surface area contributed by atoms with Crippen molar-refractivity contribution >= 4 is 11.6 Å². The van der Waals surface area contributed by atoms with Gasteiger partial charge in [-0.05, 0) is 26.2 Å². The zero-order valence-corrected chi connectivity index (χ0v) is 14.1. The summed E-state index contributed by atoms with van der Waals surface area (Å²) in [5.74, 6) is 1.04. The van der Waals surface area contributed by atoms with Crippen LogP contribution in [0.3, 0.4) is 0 Å². The van der Waals surface area contributed by atoms with Crippen LogP contribution in [-0.2, 0) is 4.79 Å². The highest BCUT2D eigenvalue weighted by Crippen LogP contribution is 2.28. The second-order valence-corrected chi connectivity index (χ2v) is 5.83. The molecular weight excluding hydrogens is 294 g/mol. The molecule has 0 aliphatic heterocycles. The van der Waals surface area contributed by atoms with E-state index in [1.807, 2.05) is 13.8 Å². The topological polar surface area (TPSA) is 73.3 Å². The van der Waals surface area contributed by atoms with E-state index in [1.54, 1.807) is 6.20 Å². The van der Waals surface area contributed by atoms with E-state index in [0.717, 1.165) is 6.42 Å². The van der Waals surface area contributed by atoms with E-state index in [-0.39, 0.29) is 11.9 Å². The van der Waals surface area contributed by atoms with E-state index in [2.05, 4.69) is 15.3 Å². The Hall–Kier alpha value is -1.85. The van der Waals surface area contributed by atoms with Crippen molar-refractivity contribution < 1.29 is 14.3 Å². The fraction of sp³-hybridized carbons (Fsp3) is 0.706. The average Bonchev–Trinajstić information content (AvgIpc) is 2.57. The van der Waals surface area contributed by atoms with E-state index in [4.69, 9.17) is 9.47 Å². The van der Waals surface area contributed by atoms with Gasteiger partial charge in [0.15, 0.2) is 0 Å². The predicted molar refractivity (Wildman–Crippen MR) is 88.8 cm³/mol. The molecule has 6 nitrogen and oxygen atoms in total. The number of nitrogens with one attached hydrogen (secondary N) is 1. The Morgan fingerprint density at radius 1 is 1.22 bits per heavy atom. The molecule has 128 valence electrons. The first kappa shape index (κ1) is 17.5. The summed E-state index contributed by atoms with van der Waals surface area (Å²) in [6.45, 7) is 4.69. The highest BCUT2D eigenvalue weighted by molar-refractivity contribution is 5.91. The van der Waals surface area contributed by atoms with Gasteiger partial charge in [0, 0.05) is 6.42 Å². The molecule has 0 aromatic carbocycles. The molecule has 1 heterocycles. The maximum Gasteiger partial charge on any atom is 0.319 e. The number of aromatic nitrogens is 2. The van der Waals surface area contributed by atoms with Gasteiger partial charge in [0.2, 0.25) is 11.8 Å². The lowest BCUT2D eigenvalue weighted by molar-refractivity contribution is -0.116. The van der Waals surface area contributed by atoms with Crippen molar-refractivity contribution in [3.05, 3.63) is 6.20 Å². The number of nitrogens with zero attached hydrogens (tertiary/aromatic N) is 2. The maximum absolute atomic E-state index is 12.2. The van der Waals surface area contributed by atoms with Gasteiger partial charge < -0.3 is 14.8 Å². The molecule has 2 rings (SSSR count). The second kappa shape index (κ2) is 9.33. The summed E-state index contributed by atoms with van der Waals surface area (Å²) in [4.78, 5) is 20.4. The second-order valence-electron chi connectivity index (χ2n) is 5.83. The molecule has 0 radical (unpaired) electrons. The Bertz CT molecular complexity index is 502. The number of carbonyl (C=O) groups is 1. The Kier molecular flexibility index (Phi) is 7.10. The summed E-state index contributed by atoms with van der Waals surface area (Å²) >= 11 is 0. The van der Waals surface area contributed by atoms with E-state index in [1.165, 1.54) is 32.1 Å². The normalized spacial score (nSPS) is 15.2. The lowest BCUT2D eigenvalue weighted by atomic mass is 9.86. The van der Waals surface area contributed by atoms with Gasteiger partial charge >= 0.3 is 6.01 Å². The third kappa shape index (κ3) is 5.69. The molecule has 1 fully saturated rings. The molecule has 1 N–H and O–H groups in total. The SMILES string of the molecule is CCOc1ncc(NC(=O)CCC2CCCCC2)c(OCC)n1. The largest absolute Gasteiger partial charge is 0.476 e. The average molecular weight is 321 g/mol. The fourth-order valence-corrected chi connectivity index (χ4v) is 2.91. The summed E-state index contributed by atoms with van der Waals surface area (Å²) in [6, 6.07) is 0.260. The predicted octanol–water partition coefficient (Wildman–Crippen LogP) is 3.57. The van der Waals surface area contributed by atoms with Gasteiger partial charge in [-0.1, -0.05) is 32.1 Å². The molecule has 0 saturated heterocycles. The van der Waals surface area contributed by atoms with Gasteiger partial charge in [-0.25, -0.2) is 4.98 Å².